The molecule has 3 aromatic rings. The van der Waals surface area contributed by atoms with Crippen molar-refractivity contribution in [3.05, 3.63) is 77.1 Å². The molecule has 1 aromatic heterocycles. The Kier molecular flexibility index (Phi) is 4.94. The molecular weight excluding hydrogens is 370 g/mol. The maximum Gasteiger partial charge on any atom is 0.263 e. The third-order valence-electron chi connectivity index (χ3n) is 3.84. The second-order valence-electron chi connectivity index (χ2n) is 5.64. The standard InChI is InChI=1S/C19H14ClN3O2S/c1-13-2-5-16(15-6-3-14(11-21)4-7-15)10-18(13)23-26(24,25)17-8-9-19(20)22-12-17/h2-10,12,23H,1H3. The van der Waals surface area contributed by atoms with Crippen molar-refractivity contribution in [1.82, 2.24) is 4.98 Å². The van der Waals surface area contributed by atoms with Gasteiger partial charge in [-0.1, -0.05) is 35.9 Å². The molecule has 5 nitrogen and oxygen atoms in total. The molecule has 0 amide bonds. The van der Waals surface area contributed by atoms with Crippen molar-refractivity contribution in [1.29, 1.82) is 5.26 Å². The zero-order valence-corrected chi connectivity index (χ0v) is 15.3. The van der Waals surface area contributed by atoms with Gasteiger partial charge in [-0.15, -0.1) is 0 Å². The molecule has 1 heterocycles. The molecule has 0 atom stereocenters. The van der Waals surface area contributed by atoms with Gasteiger partial charge in [0.05, 0.1) is 17.3 Å². The van der Waals surface area contributed by atoms with Gasteiger partial charge in [0.25, 0.3) is 10.0 Å². The van der Waals surface area contributed by atoms with E-state index >= 15 is 0 Å². The van der Waals surface area contributed by atoms with E-state index in [2.05, 4.69) is 15.8 Å². The average Bonchev–Trinajstić information content (AvgIpc) is 2.64. The molecule has 0 saturated carbocycles. The van der Waals surface area contributed by atoms with Crippen molar-refractivity contribution in [2.24, 2.45) is 0 Å². The van der Waals surface area contributed by atoms with Gasteiger partial charge in [-0.25, -0.2) is 13.4 Å². The largest absolute Gasteiger partial charge is 0.279 e. The van der Waals surface area contributed by atoms with Crippen LogP contribution in [-0.4, -0.2) is 13.4 Å². The lowest BCUT2D eigenvalue weighted by Gasteiger charge is -2.12. The number of rotatable bonds is 4. The topological polar surface area (TPSA) is 82.9 Å². The summed E-state index contributed by atoms with van der Waals surface area (Å²) in [6.07, 6.45) is 1.21. The molecule has 0 aliphatic rings. The molecule has 0 unspecified atom stereocenters. The van der Waals surface area contributed by atoms with E-state index in [1.165, 1.54) is 18.3 Å². The number of aryl methyl sites for hydroxylation is 1. The first kappa shape index (κ1) is 17.9. The van der Waals surface area contributed by atoms with Crippen LogP contribution < -0.4 is 4.72 Å². The summed E-state index contributed by atoms with van der Waals surface area (Å²) < 4.78 is 27.7. The van der Waals surface area contributed by atoms with Crippen LogP contribution in [-0.2, 0) is 10.0 Å². The van der Waals surface area contributed by atoms with Crippen LogP contribution in [0.2, 0.25) is 5.15 Å². The number of nitriles is 1. The van der Waals surface area contributed by atoms with Crippen LogP contribution >= 0.6 is 11.6 Å². The van der Waals surface area contributed by atoms with E-state index in [1.807, 2.05) is 31.2 Å². The van der Waals surface area contributed by atoms with Crippen LogP contribution in [0.1, 0.15) is 11.1 Å². The van der Waals surface area contributed by atoms with E-state index in [4.69, 9.17) is 16.9 Å². The quantitative estimate of drug-likeness (QED) is 0.677. The minimum absolute atomic E-state index is 0.0325. The molecule has 0 radical (unpaired) electrons. The number of sulfonamides is 1. The molecule has 130 valence electrons. The summed E-state index contributed by atoms with van der Waals surface area (Å²) in [6, 6.07) is 17.5. The highest BCUT2D eigenvalue weighted by Gasteiger charge is 2.16. The zero-order chi connectivity index (χ0) is 18.7. The number of benzene rings is 2. The highest BCUT2D eigenvalue weighted by Crippen LogP contribution is 2.27. The minimum atomic E-state index is -3.78. The van der Waals surface area contributed by atoms with Gasteiger partial charge in [-0.05, 0) is 53.9 Å². The summed E-state index contributed by atoms with van der Waals surface area (Å²) in [5.74, 6) is 0. The molecule has 1 N–H and O–H groups in total. The van der Waals surface area contributed by atoms with E-state index in [0.29, 0.717) is 11.3 Å². The van der Waals surface area contributed by atoms with Crippen molar-refractivity contribution in [3.8, 4) is 17.2 Å². The Hall–Kier alpha value is -2.88. The number of nitrogens with zero attached hydrogens (tertiary/aromatic N) is 2. The number of anilines is 1. The third kappa shape index (κ3) is 3.85. The normalized spacial score (nSPS) is 11.0. The Morgan fingerprint density at radius 1 is 1.04 bits per heavy atom. The predicted molar refractivity (Wildman–Crippen MR) is 101 cm³/mol. The summed E-state index contributed by atoms with van der Waals surface area (Å²) in [4.78, 5) is 3.84. The summed E-state index contributed by atoms with van der Waals surface area (Å²) in [6.45, 7) is 1.82. The second kappa shape index (κ2) is 7.16. The first-order valence-corrected chi connectivity index (χ1v) is 9.51. The Bertz CT molecular complexity index is 1090. The molecule has 26 heavy (non-hydrogen) atoms. The molecule has 0 spiro atoms. The SMILES string of the molecule is Cc1ccc(-c2ccc(C#N)cc2)cc1NS(=O)(=O)c1ccc(Cl)nc1. The van der Waals surface area contributed by atoms with E-state index in [0.717, 1.165) is 16.7 Å². The maximum absolute atomic E-state index is 12.6. The van der Waals surface area contributed by atoms with Crippen molar-refractivity contribution < 1.29 is 8.42 Å². The summed E-state index contributed by atoms with van der Waals surface area (Å²) >= 11 is 5.71. The highest BCUT2D eigenvalue weighted by molar-refractivity contribution is 7.92. The van der Waals surface area contributed by atoms with Crippen molar-refractivity contribution in [2.45, 2.75) is 11.8 Å². The minimum Gasteiger partial charge on any atom is -0.279 e. The van der Waals surface area contributed by atoms with Crippen LogP contribution in [0.3, 0.4) is 0 Å². The Morgan fingerprint density at radius 2 is 1.73 bits per heavy atom. The molecule has 0 bridgehead atoms. The van der Waals surface area contributed by atoms with Gasteiger partial charge in [0.1, 0.15) is 10.0 Å². The average molecular weight is 384 g/mol. The van der Waals surface area contributed by atoms with Gasteiger partial charge in [0.15, 0.2) is 0 Å². The van der Waals surface area contributed by atoms with Gasteiger partial charge in [0, 0.05) is 6.20 Å². The monoisotopic (exact) mass is 383 g/mol. The molecule has 2 aromatic carbocycles. The molecule has 3 rings (SSSR count). The predicted octanol–water partition coefficient (Wildman–Crippen LogP) is 4.38. The molecule has 0 fully saturated rings. The fourth-order valence-corrected chi connectivity index (χ4v) is 3.55. The molecular formula is C19H14ClN3O2S. The second-order valence-corrected chi connectivity index (χ2v) is 7.71. The van der Waals surface area contributed by atoms with Gasteiger partial charge in [0.2, 0.25) is 0 Å². The van der Waals surface area contributed by atoms with E-state index < -0.39 is 10.0 Å². The molecule has 0 saturated heterocycles. The van der Waals surface area contributed by atoms with Crippen LogP contribution in [0.15, 0.2) is 65.7 Å². The number of hydrogen-bond donors (Lipinski definition) is 1. The summed E-state index contributed by atoms with van der Waals surface area (Å²) in [7, 11) is -3.78. The molecule has 0 aliphatic heterocycles. The number of aromatic nitrogens is 1. The summed E-state index contributed by atoms with van der Waals surface area (Å²) in [5.41, 5.74) is 3.55. The van der Waals surface area contributed by atoms with E-state index in [9.17, 15) is 8.42 Å². The number of hydrogen-bond acceptors (Lipinski definition) is 4. The van der Waals surface area contributed by atoms with Crippen LogP contribution in [0.25, 0.3) is 11.1 Å². The fourth-order valence-electron chi connectivity index (χ4n) is 2.37. The van der Waals surface area contributed by atoms with Crippen LogP contribution in [0.5, 0.6) is 0 Å². The summed E-state index contributed by atoms with van der Waals surface area (Å²) in [5, 5.41) is 9.12. The lowest BCUT2D eigenvalue weighted by atomic mass is 10.0. The Balaban J connectivity index is 1.95. The molecule has 7 heteroatoms. The fraction of sp³-hybridized carbons (Fsp3) is 0.0526. The van der Waals surface area contributed by atoms with Crippen molar-refractivity contribution in [3.63, 3.8) is 0 Å². The van der Waals surface area contributed by atoms with Crippen LogP contribution in [0.4, 0.5) is 5.69 Å². The highest BCUT2D eigenvalue weighted by atomic mass is 35.5. The van der Waals surface area contributed by atoms with Gasteiger partial charge >= 0.3 is 0 Å². The number of halogens is 1. The third-order valence-corrected chi connectivity index (χ3v) is 5.41. The number of pyridine rings is 1. The zero-order valence-electron chi connectivity index (χ0n) is 13.8. The first-order chi connectivity index (χ1) is 12.4. The van der Waals surface area contributed by atoms with Crippen molar-refractivity contribution in [2.75, 3.05) is 4.72 Å². The lowest BCUT2D eigenvalue weighted by molar-refractivity contribution is 0.601. The smallest absolute Gasteiger partial charge is 0.263 e. The number of nitrogens with one attached hydrogen (secondary N) is 1. The maximum atomic E-state index is 12.6. The first-order valence-electron chi connectivity index (χ1n) is 7.64. The molecule has 0 aliphatic carbocycles. The van der Waals surface area contributed by atoms with E-state index in [1.54, 1.807) is 18.2 Å². The lowest BCUT2D eigenvalue weighted by Crippen LogP contribution is -2.14. The van der Waals surface area contributed by atoms with Gasteiger partial charge in [-0.2, -0.15) is 5.26 Å². The Labute approximate surface area is 157 Å². The van der Waals surface area contributed by atoms with Crippen molar-refractivity contribution >= 4 is 27.3 Å². The van der Waals surface area contributed by atoms with Gasteiger partial charge in [-0.3, -0.25) is 4.72 Å². The van der Waals surface area contributed by atoms with E-state index in [-0.39, 0.29) is 10.0 Å². The van der Waals surface area contributed by atoms with Gasteiger partial charge < -0.3 is 0 Å². The van der Waals surface area contributed by atoms with Crippen LogP contribution in [0, 0.1) is 18.3 Å². The Morgan fingerprint density at radius 3 is 2.35 bits per heavy atom.